The van der Waals surface area contributed by atoms with Crippen molar-refractivity contribution in [2.75, 3.05) is 20.2 Å². The van der Waals surface area contributed by atoms with E-state index in [1.165, 1.54) is 6.92 Å². The van der Waals surface area contributed by atoms with Crippen LogP contribution < -0.4 is 4.74 Å². The number of piperidine rings is 1. The second-order valence-electron chi connectivity index (χ2n) is 8.17. The number of rotatable bonds is 2. The number of carbonyl (C=O) groups excluding carboxylic acids is 1. The van der Waals surface area contributed by atoms with Gasteiger partial charge < -0.3 is 29.6 Å². The van der Waals surface area contributed by atoms with E-state index in [1.807, 2.05) is 13.1 Å². The molecule has 4 N–H and O–H groups in total. The number of phenolic OH excluding ortho intramolecular Hbond substituents is 1. The highest BCUT2D eigenvalue weighted by Crippen LogP contribution is 2.64. The lowest BCUT2D eigenvalue weighted by atomic mass is 9.49. The van der Waals surface area contributed by atoms with E-state index in [1.54, 1.807) is 6.07 Å². The molecule has 2 aliphatic carbocycles. The van der Waals surface area contributed by atoms with E-state index in [4.69, 9.17) is 14.5 Å². The number of carbonyl (C=O) groups is 1. The van der Waals surface area contributed by atoms with Gasteiger partial charge in [-0.2, -0.15) is 0 Å². The fraction of sp³-hybridized carbons (Fsp3) is 0.632. The highest BCUT2D eigenvalue weighted by molar-refractivity contribution is 7.46. The van der Waals surface area contributed by atoms with Crippen molar-refractivity contribution in [3.63, 3.8) is 0 Å². The zero-order valence-corrected chi connectivity index (χ0v) is 17.3. The van der Waals surface area contributed by atoms with Crippen LogP contribution in [0, 0.1) is 0 Å². The third-order valence-electron chi connectivity index (χ3n) is 6.82. The summed E-state index contributed by atoms with van der Waals surface area (Å²) in [4.78, 5) is 30.6. The van der Waals surface area contributed by atoms with Crippen LogP contribution in [0.1, 0.15) is 37.3 Å². The SMILES string of the molecule is CCOP(=O)(O)O.CN1CC[C@]23c4c5ccc(O)c4O[C@H]2C(=O)CC[C@@]3(O)[C@H]1C5. The van der Waals surface area contributed by atoms with Gasteiger partial charge in [-0.3, -0.25) is 9.32 Å². The molecule has 2 aliphatic heterocycles. The number of benzene rings is 1. The molecule has 2 heterocycles. The molecule has 9 nitrogen and oxygen atoms in total. The fourth-order valence-electron chi connectivity index (χ4n) is 5.70. The first-order chi connectivity index (χ1) is 13.5. The molecule has 0 radical (unpaired) electrons. The number of hydrogen-bond donors (Lipinski definition) is 4. The standard InChI is InChI=1S/C17H19NO4.C2H7O4P/c1-18-7-6-16-13-9-2-3-10(19)14(13)22-15(16)11(20)4-5-17(16,21)12(18)8-9;1-2-6-7(3,4)5/h2-3,12,15,19,21H,4-8H2,1H3;2H2,1H3,(H2,3,4,5)/t12-,15+,16+,17-;/m1./s1. The number of phosphoric ester groups is 1. The minimum absolute atomic E-state index is 0.00319. The lowest BCUT2D eigenvalue weighted by Crippen LogP contribution is -2.76. The highest BCUT2D eigenvalue weighted by Gasteiger charge is 2.72. The Morgan fingerprint density at radius 1 is 1.34 bits per heavy atom. The monoisotopic (exact) mass is 427 g/mol. The van der Waals surface area contributed by atoms with Gasteiger partial charge in [0.25, 0.3) is 0 Å². The van der Waals surface area contributed by atoms with Crippen LogP contribution in [-0.4, -0.2) is 68.6 Å². The van der Waals surface area contributed by atoms with Gasteiger partial charge in [-0.15, -0.1) is 0 Å². The molecule has 1 saturated heterocycles. The largest absolute Gasteiger partial charge is 0.504 e. The number of aliphatic hydroxyl groups is 1. The second-order valence-corrected chi connectivity index (χ2v) is 9.41. The van der Waals surface area contributed by atoms with Gasteiger partial charge in [0.2, 0.25) is 0 Å². The van der Waals surface area contributed by atoms with E-state index >= 15 is 0 Å². The highest BCUT2D eigenvalue weighted by atomic mass is 31.2. The van der Waals surface area contributed by atoms with E-state index in [0.29, 0.717) is 25.0 Å². The van der Waals surface area contributed by atoms with Crippen molar-refractivity contribution in [3.8, 4) is 11.5 Å². The van der Waals surface area contributed by atoms with E-state index < -0.39 is 24.9 Å². The number of likely N-dealkylation sites (tertiary alicyclic amines) is 1. The van der Waals surface area contributed by atoms with Crippen molar-refractivity contribution in [3.05, 3.63) is 23.3 Å². The molecule has 1 aromatic carbocycles. The molecule has 10 heteroatoms. The van der Waals surface area contributed by atoms with Crippen LogP contribution in [0.15, 0.2) is 12.1 Å². The lowest BCUT2D eigenvalue weighted by Gasteiger charge is -2.61. The Bertz CT molecular complexity index is 900. The average molecular weight is 427 g/mol. The second kappa shape index (κ2) is 6.77. The molecule has 5 rings (SSSR count). The fourth-order valence-corrected chi connectivity index (χ4v) is 6.04. The molecule has 1 spiro atoms. The average Bonchev–Trinajstić information content (AvgIpc) is 2.99. The van der Waals surface area contributed by atoms with Crippen LogP contribution in [0.5, 0.6) is 11.5 Å². The Labute approximate surface area is 168 Å². The van der Waals surface area contributed by atoms with Crippen molar-refractivity contribution >= 4 is 13.6 Å². The molecular weight excluding hydrogens is 401 g/mol. The quantitative estimate of drug-likeness (QED) is 0.507. The summed E-state index contributed by atoms with van der Waals surface area (Å²) in [5, 5.41) is 21.8. The molecule has 1 saturated carbocycles. The zero-order valence-electron chi connectivity index (χ0n) is 16.4. The predicted molar refractivity (Wildman–Crippen MR) is 102 cm³/mol. The summed E-state index contributed by atoms with van der Waals surface area (Å²) in [6, 6.07) is 3.57. The first-order valence-electron chi connectivity index (χ1n) is 9.72. The van der Waals surface area contributed by atoms with Gasteiger partial charge >= 0.3 is 7.82 Å². The molecule has 2 fully saturated rings. The number of Topliss-reactive ketones (excluding diaryl/α,β-unsaturated/α-hetero) is 1. The maximum Gasteiger partial charge on any atom is 0.469 e. The van der Waals surface area contributed by atoms with Crippen LogP contribution >= 0.6 is 7.82 Å². The summed E-state index contributed by atoms with van der Waals surface area (Å²) in [6.07, 6.45) is 1.61. The van der Waals surface area contributed by atoms with Crippen molar-refractivity contribution in [1.82, 2.24) is 4.90 Å². The number of ketones is 1. The number of likely N-dealkylation sites (N-methyl/N-ethyl adjacent to an activating group) is 1. The third-order valence-corrected chi connectivity index (χ3v) is 7.42. The van der Waals surface area contributed by atoms with Gasteiger partial charge in [0.15, 0.2) is 23.4 Å². The summed E-state index contributed by atoms with van der Waals surface area (Å²) >= 11 is 0. The Morgan fingerprint density at radius 3 is 2.69 bits per heavy atom. The predicted octanol–water partition coefficient (Wildman–Crippen LogP) is 0.861. The van der Waals surface area contributed by atoms with Crippen LogP contribution in [0.25, 0.3) is 0 Å². The number of ether oxygens (including phenoxy) is 1. The molecule has 0 aromatic heterocycles. The van der Waals surface area contributed by atoms with Crippen LogP contribution in [-0.2, 0) is 25.7 Å². The topological polar surface area (TPSA) is 137 Å². The molecule has 1 aromatic rings. The normalized spacial score (nSPS) is 34.7. The summed E-state index contributed by atoms with van der Waals surface area (Å²) in [5.41, 5.74) is 0.370. The summed E-state index contributed by atoms with van der Waals surface area (Å²) in [6.45, 7) is 2.39. The van der Waals surface area contributed by atoms with Crippen LogP contribution in [0.3, 0.4) is 0 Å². The Morgan fingerprint density at radius 2 is 2.07 bits per heavy atom. The van der Waals surface area contributed by atoms with E-state index in [0.717, 1.165) is 24.1 Å². The molecule has 0 unspecified atom stereocenters. The number of nitrogens with zero attached hydrogens (tertiary/aromatic N) is 1. The van der Waals surface area contributed by atoms with E-state index in [2.05, 4.69) is 9.42 Å². The van der Waals surface area contributed by atoms with Crippen LogP contribution in [0.4, 0.5) is 0 Å². The Kier molecular flexibility index (Phi) is 4.85. The van der Waals surface area contributed by atoms with Gasteiger partial charge in [-0.05, 0) is 51.4 Å². The van der Waals surface area contributed by atoms with E-state index in [9.17, 15) is 19.6 Å². The van der Waals surface area contributed by atoms with E-state index in [-0.39, 0.29) is 24.2 Å². The molecule has 2 bridgehead atoms. The smallest absolute Gasteiger partial charge is 0.469 e. The summed E-state index contributed by atoms with van der Waals surface area (Å²) in [7, 11) is -2.12. The van der Waals surface area contributed by atoms with Gasteiger partial charge in [0.1, 0.15) is 0 Å². The first-order valence-corrected chi connectivity index (χ1v) is 11.3. The maximum atomic E-state index is 12.5. The summed E-state index contributed by atoms with van der Waals surface area (Å²) in [5.74, 6) is 0.561. The van der Waals surface area contributed by atoms with Gasteiger partial charge in [0, 0.05) is 18.0 Å². The van der Waals surface area contributed by atoms with Crippen molar-refractivity contribution < 1.29 is 38.6 Å². The molecule has 4 atom stereocenters. The number of phenols is 1. The maximum absolute atomic E-state index is 12.5. The molecule has 29 heavy (non-hydrogen) atoms. The molecule has 4 aliphatic rings. The number of phosphoric acid groups is 1. The van der Waals surface area contributed by atoms with Crippen molar-refractivity contribution in [2.45, 2.75) is 55.8 Å². The Hall–Kier alpha value is -1.48. The molecular formula is C19H26NO8P. The molecule has 160 valence electrons. The summed E-state index contributed by atoms with van der Waals surface area (Å²) < 4.78 is 19.5. The minimum Gasteiger partial charge on any atom is -0.504 e. The van der Waals surface area contributed by atoms with Crippen LogP contribution in [0.2, 0.25) is 0 Å². The van der Waals surface area contributed by atoms with Gasteiger partial charge in [0.05, 0.1) is 17.6 Å². The van der Waals surface area contributed by atoms with Crippen molar-refractivity contribution in [1.29, 1.82) is 0 Å². The first kappa shape index (κ1) is 20.8. The van der Waals surface area contributed by atoms with Crippen molar-refractivity contribution in [2.24, 2.45) is 0 Å². The lowest BCUT2D eigenvalue weighted by molar-refractivity contribution is -0.185. The van der Waals surface area contributed by atoms with Gasteiger partial charge in [-0.25, -0.2) is 4.57 Å². The number of hydrogen-bond acceptors (Lipinski definition) is 7. The zero-order chi connectivity index (χ0) is 21.2. The Balaban J connectivity index is 0.000000255. The van der Waals surface area contributed by atoms with Gasteiger partial charge in [-0.1, -0.05) is 6.07 Å². The minimum atomic E-state index is -4.17. The number of aromatic hydroxyl groups is 1. The third kappa shape index (κ3) is 2.87. The molecule has 0 amide bonds.